The minimum Gasteiger partial charge on any atom is -0.398 e. The Labute approximate surface area is 123 Å². The molecule has 2 rings (SSSR count). The van der Waals surface area contributed by atoms with Gasteiger partial charge in [-0.05, 0) is 35.9 Å². The van der Waals surface area contributed by atoms with E-state index in [9.17, 15) is 8.42 Å². The maximum Gasteiger partial charge on any atom is 0.240 e. The third kappa shape index (κ3) is 3.72. The lowest BCUT2D eigenvalue weighted by Gasteiger charge is -2.09. The SMILES string of the molecule is N#Cc1cccc(CNc2ccc(S(N)(=O)=O)c(N)c2)c1. The topological polar surface area (TPSA) is 122 Å². The number of primary sulfonamides is 1. The molecule has 2 aromatic rings. The fourth-order valence-electron chi connectivity index (χ4n) is 1.87. The summed E-state index contributed by atoms with van der Waals surface area (Å²) < 4.78 is 22.5. The van der Waals surface area contributed by atoms with Gasteiger partial charge in [0.05, 0.1) is 17.3 Å². The number of nitrogens with zero attached hydrogens (tertiary/aromatic N) is 1. The minimum atomic E-state index is -3.82. The Hall–Kier alpha value is -2.56. The molecule has 5 N–H and O–H groups in total. The lowest BCUT2D eigenvalue weighted by Crippen LogP contribution is -2.14. The Morgan fingerprint density at radius 2 is 1.95 bits per heavy atom. The first-order valence-electron chi connectivity index (χ1n) is 6.05. The first-order valence-corrected chi connectivity index (χ1v) is 7.60. The molecule has 0 saturated heterocycles. The summed E-state index contributed by atoms with van der Waals surface area (Å²) in [6, 6.07) is 13.7. The zero-order valence-electron chi connectivity index (χ0n) is 11.1. The van der Waals surface area contributed by atoms with Crippen LogP contribution in [0.4, 0.5) is 11.4 Å². The van der Waals surface area contributed by atoms with Gasteiger partial charge in [-0.1, -0.05) is 12.1 Å². The quantitative estimate of drug-likeness (QED) is 0.737. The summed E-state index contributed by atoms with van der Waals surface area (Å²) in [5.41, 5.74) is 7.95. The molecule has 21 heavy (non-hydrogen) atoms. The number of sulfonamides is 1. The summed E-state index contributed by atoms with van der Waals surface area (Å²) in [5, 5.41) is 17.0. The fourth-order valence-corrected chi connectivity index (χ4v) is 2.52. The van der Waals surface area contributed by atoms with Crippen LogP contribution in [-0.4, -0.2) is 8.42 Å². The summed E-state index contributed by atoms with van der Waals surface area (Å²) in [6.45, 7) is 0.490. The van der Waals surface area contributed by atoms with Gasteiger partial charge in [0.15, 0.2) is 0 Å². The molecule has 0 bridgehead atoms. The van der Waals surface area contributed by atoms with Gasteiger partial charge in [-0.25, -0.2) is 13.6 Å². The number of benzene rings is 2. The number of nitrogens with two attached hydrogens (primary N) is 2. The Bertz CT molecular complexity index is 810. The Kier molecular flexibility index (Phi) is 4.12. The average molecular weight is 302 g/mol. The zero-order chi connectivity index (χ0) is 15.5. The van der Waals surface area contributed by atoms with Crippen molar-refractivity contribution in [1.82, 2.24) is 0 Å². The van der Waals surface area contributed by atoms with Crippen molar-refractivity contribution in [3.05, 3.63) is 53.6 Å². The van der Waals surface area contributed by atoms with Crippen molar-refractivity contribution in [1.29, 1.82) is 5.26 Å². The Morgan fingerprint density at radius 1 is 1.19 bits per heavy atom. The summed E-state index contributed by atoms with van der Waals surface area (Å²) in [5.74, 6) is 0. The van der Waals surface area contributed by atoms with E-state index in [2.05, 4.69) is 11.4 Å². The number of nitrogen functional groups attached to an aromatic ring is 1. The Balaban J connectivity index is 2.14. The number of nitriles is 1. The lowest BCUT2D eigenvalue weighted by molar-refractivity contribution is 0.598. The van der Waals surface area contributed by atoms with Gasteiger partial charge in [0.2, 0.25) is 10.0 Å². The highest BCUT2D eigenvalue weighted by molar-refractivity contribution is 7.89. The van der Waals surface area contributed by atoms with Crippen LogP contribution < -0.4 is 16.2 Å². The van der Waals surface area contributed by atoms with Crippen molar-refractivity contribution in [2.75, 3.05) is 11.1 Å². The number of hydrogen-bond donors (Lipinski definition) is 3. The van der Waals surface area contributed by atoms with Gasteiger partial charge in [0.1, 0.15) is 4.90 Å². The maximum absolute atomic E-state index is 11.3. The molecular formula is C14H14N4O2S. The predicted octanol–water partition coefficient (Wildman–Crippen LogP) is 1.40. The van der Waals surface area contributed by atoms with Gasteiger partial charge < -0.3 is 11.1 Å². The minimum absolute atomic E-state index is 0.0910. The fraction of sp³-hybridized carbons (Fsp3) is 0.0714. The molecule has 0 aliphatic heterocycles. The smallest absolute Gasteiger partial charge is 0.240 e. The molecule has 0 unspecified atom stereocenters. The van der Waals surface area contributed by atoms with Crippen LogP contribution in [0.1, 0.15) is 11.1 Å². The second-order valence-electron chi connectivity index (χ2n) is 4.46. The molecule has 0 amide bonds. The monoisotopic (exact) mass is 302 g/mol. The molecule has 0 aliphatic carbocycles. The third-order valence-corrected chi connectivity index (χ3v) is 3.85. The van der Waals surface area contributed by atoms with E-state index in [1.54, 1.807) is 24.3 Å². The number of nitrogens with one attached hydrogen (secondary N) is 1. The second kappa shape index (κ2) is 5.83. The number of rotatable bonds is 4. The molecule has 108 valence electrons. The largest absolute Gasteiger partial charge is 0.398 e. The second-order valence-corrected chi connectivity index (χ2v) is 5.99. The van der Waals surface area contributed by atoms with Crippen LogP contribution in [-0.2, 0) is 16.6 Å². The number of hydrogen-bond acceptors (Lipinski definition) is 5. The third-order valence-electron chi connectivity index (χ3n) is 2.87. The summed E-state index contributed by atoms with van der Waals surface area (Å²) >= 11 is 0. The summed E-state index contributed by atoms with van der Waals surface area (Å²) in [6.07, 6.45) is 0. The van der Waals surface area contributed by atoms with Crippen molar-refractivity contribution in [2.24, 2.45) is 5.14 Å². The molecule has 2 aromatic carbocycles. The molecule has 0 aliphatic rings. The van der Waals surface area contributed by atoms with Crippen molar-refractivity contribution < 1.29 is 8.42 Å². The Morgan fingerprint density at radius 3 is 2.57 bits per heavy atom. The summed E-state index contributed by atoms with van der Waals surface area (Å²) in [7, 11) is -3.82. The maximum atomic E-state index is 11.3. The van der Waals surface area contributed by atoms with E-state index in [4.69, 9.17) is 16.1 Å². The van der Waals surface area contributed by atoms with Crippen LogP contribution >= 0.6 is 0 Å². The van der Waals surface area contributed by atoms with Gasteiger partial charge in [0, 0.05) is 12.2 Å². The normalized spacial score (nSPS) is 10.9. The average Bonchev–Trinajstić information content (AvgIpc) is 2.44. The molecule has 0 atom stereocenters. The van der Waals surface area contributed by atoms with Crippen molar-refractivity contribution in [3.63, 3.8) is 0 Å². The first kappa shape index (κ1) is 14.8. The van der Waals surface area contributed by atoms with Gasteiger partial charge in [-0.15, -0.1) is 0 Å². The first-order chi connectivity index (χ1) is 9.90. The molecule has 0 spiro atoms. The van der Waals surface area contributed by atoms with Crippen LogP contribution in [0, 0.1) is 11.3 Å². The van der Waals surface area contributed by atoms with Crippen LogP contribution in [0.3, 0.4) is 0 Å². The molecule has 0 saturated carbocycles. The van der Waals surface area contributed by atoms with E-state index in [0.29, 0.717) is 17.8 Å². The van der Waals surface area contributed by atoms with Crippen LogP contribution in [0.2, 0.25) is 0 Å². The van der Waals surface area contributed by atoms with E-state index in [1.165, 1.54) is 12.1 Å². The molecule has 0 aromatic heterocycles. The highest BCUT2D eigenvalue weighted by Gasteiger charge is 2.12. The van der Waals surface area contributed by atoms with Crippen molar-refractivity contribution >= 4 is 21.4 Å². The summed E-state index contributed by atoms with van der Waals surface area (Å²) in [4.78, 5) is -0.0977. The lowest BCUT2D eigenvalue weighted by atomic mass is 10.1. The standard InChI is InChI=1S/C14H14N4O2S/c15-8-10-2-1-3-11(6-10)9-18-12-4-5-14(13(16)7-12)21(17,19)20/h1-7,18H,9,16H2,(H2,17,19,20). The van der Waals surface area contributed by atoms with Crippen molar-refractivity contribution in [3.8, 4) is 6.07 Å². The van der Waals surface area contributed by atoms with E-state index >= 15 is 0 Å². The molecule has 0 radical (unpaired) electrons. The zero-order valence-corrected chi connectivity index (χ0v) is 11.9. The van der Waals surface area contributed by atoms with Crippen molar-refractivity contribution in [2.45, 2.75) is 11.4 Å². The van der Waals surface area contributed by atoms with Gasteiger partial charge >= 0.3 is 0 Å². The molecule has 0 heterocycles. The van der Waals surface area contributed by atoms with E-state index in [-0.39, 0.29) is 10.6 Å². The van der Waals surface area contributed by atoms with Crippen LogP contribution in [0.5, 0.6) is 0 Å². The molecular weight excluding hydrogens is 288 g/mol. The highest BCUT2D eigenvalue weighted by Crippen LogP contribution is 2.21. The molecule has 0 fully saturated rings. The van der Waals surface area contributed by atoms with E-state index in [1.807, 2.05) is 6.07 Å². The molecule has 7 heteroatoms. The molecule has 6 nitrogen and oxygen atoms in total. The van der Waals surface area contributed by atoms with Crippen LogP contribution in [0.15, 0.2) is 47.4 Å². The van der Waals surface area contributed by atoms with Crippen LogP contribution in [0.25, 0.3) is 0 Å². The highest BCUT2D eigenvalue weighted by atomic mass is 32.2. The predicted molar refractivity (Wildman–Crippen MR) is 80.7 cm³/mol. The van der Waals surface area contributed by atoms with E-state index in [0.717, 1.165) is 5.56 Å². The van der Waals surface area contributed by atoms with E-state index < -0.39 is 10.0 Å². The van der Waals surface area contributed by atoms with Gasteiger partial charge in [0.25, 0.3) is 0 Å². The van der Waals surface area contributed by atoms with Gasteiger partial charge in [-0.2, -0.15) is 5.26 Å². The number of anilines is 2. The van der Waals surface area contributed by atoms with Gasteiger partial charge in [-0.3, -0.25) is 0 Å².